The third-order valence-corrected chi connectivity index (χ3v) is 4.57. The summed E-state index contributed by atoms with van der Waals surface area (Å²) in [5.41, 5.74) is 3.53. The summed E-state index contributed by atoms with van der Waals surface area (Å²) < 4.78 is 0. The maximum absolute atomic E-state index is 12.6. The first-order valence-corrected chi connectivity index (χ1v) is 8.73. The highest BCUT2D eigenvalue weighted by atomic mass is 35.5. The topological polar surface area (TPSA) is 71.1 Å². The number of hydrogen-bond donors (Lipinski definition) is 2. The molecule has 0 aliphatic heterocycles. The molecule has 3 aromatic rings. The predicted octanol–water partition coefficient (Wildman–Crippen LogP) is 4.86. The van der Waals surface area contributed by atoms with E-state index >= 15 is 0 Å². The number of hydrogen-bond acceptors (Lipinski definition) is 3. The van der Waals surface area contributed by atoms with Gasteiger partial charge < -0.3 is 10.6 Å². The van der Waals surface area contributed by atoms with E-state index in [2.05, 4.69) is 15.6 Å². The summed E-state index contributed by atoms with van der Waals surface area (Å²) in [6.45, 7) is 3.73. The van der Waals surface area contributed by atoms with Crippen molar-refractivity contribution in [1.82, 2.24) is 4.98 Å². The second-order valence-electron chi connectivity index (χ2n) is 6.07. The SMILES string of the molecule is Cc1ccccc1NC(=O)c1cc(C(=O)Nc2cccc(Cl)c2C)ccn1. The van der Waals surface area contributed by atoms with Crippen LogP contribution in [0.3, 0.4) is 0 Å². The zero-order valence-corrected chi connectivity index (χ0v) is 15.7. The number of nitrogens with one attached hydrogen (secondary N) is 2. The Balaban J connectivity index is 1.78. The molecule has 0 spiro atoms. The van der Waals surface area contributed by atoms with Crippen LogP contribution >= 0.6 is 11.6 Å². The van der Waals surface area contributed by atoms with Crippen LogP contribution in [0.2, 0.25) is 5.02 Å². The molecule has 0 fully saturated rings. The zero-order valence-electron chi connectivity index (χ0n) is 14.9. The number of rotatable bonds is 4. The van der Waals surface area contributed by atoms with Crippen molar-refractivity contribution in [1.29, 1.82) is 0 Å². The van der Waals surface area contributed by atoms with Crippen molar-refractivity contribution >= 4 is 34.8 Å². The van der Waals surface area contributed by atoms with Crippen LogP contribution in [0.15, 0.2) is 60.8 Å². The molecule has 136 valence electrons. The zero-order chi connectivity index (χ0) is 19.4. The minimum atomic E-state index is -0.377. The normalized spacial score (nSPS) is 10.3. The van der Waals surface area contributed by atoms with Crippen molar-refractivity contribution in [3.8, 4) is 0 Å². The van der Waals surface area contributed by atoms with Crippen molar-refractivity contribution in [2.24, 2.45) is 0 Å². The van der Waals surface area contributed by atoms with Gasteiger partial charge in [0.1, 0.15) is 5.69 Å². The summed E-state index contributed by atoms with van der Waals surface area (Å²) in [5.74, 6) is -0.717. The lowest BCUT2D eigenvalue weighted by atomic mass is 10.1. The van der Waals surface area contributed by atoms with Crippen LogP contribution in [0.5, 0.6) is 0 Å². The van der Waals surface area contributed by atoms with E-state index in [1.807, 2.05) is 38.1 Å². The number of para-hydroxylation sites is 1. The summed E-state index contributed by atoms with van der Waals surface area (Å²) in [4.78, 5) is 29.1. The van der Waals surface area contributed by atoms with Crippen molar-refractivity contribution in [3.05, 3.63) is 88.2 Å². The van der Waals surface area contributed by atoms with Crippen LogP contribution in [0.1, 0.15) is 32.0 Å². The summed E-state index contributed by atoms with van der Waals surface area (Å²) in [6, 6.07) is 15.8. The minimum absolute atomic E-state index is 0.161. The van der Waals surface area contributed by atoms with E-state index < -0.39 is 0 Å². The Hall–Kier alpha value is -3.18. The molecule has 1 aromatic heterocycles. The van der Waals surface area contributed by atoms with Gasteiger partial charge in [-0.2, -0.15) is 0 Å². The van der Waals surface area contributed by atoms with Crippen molar-refractivity contribution in [2.75, 3.05) is 10.6 Å². The molecule has 2 N–H and O–H groups in total. The first kappa shape index (κ1) is 18.6. The van der Waals surface area contributed by atoms with E-state index in [1.165, 1.54) is 12.3 Å². The quantitative estimate of drug-likeness (QED) is 0.680. The number of aromatic nitrogens is 1. The van der Waals surface area contributed by atoms with Gasteiger partial charge in [-0.05, 0) is 55.3 Å². The molecule has 0 radical (unpaired) electrons. The van der Waals surface area contributed by atoms with Gasteiger partial charge in [0.25, 0.3) is 11.8 Å². The van der Waals surface area contributed by atoms with E-state index in [-0.39, 0.29) is 17.5 Å². The first-order chi connectivity index (χ1) is 13.0. The number of pyridine rings is 1. The Labute approximate surface area is 162 Å². The number of carbonyl (C=O) groups is 2. The molecular formula is C21H18ClN3O2. The molecule has 0 saturated carbocycles. The van der Waals surface area contributed by atoms with Crippen molar-refractivity contribution in [2.45, 2.75) is 13.8 Å². The Morgan fingerprint density at radius 2 is 1.59 bits per heavy atom. The molecule has 1 heterocycles. The third-order valence-electron chi connectivity index (χ3n) is 4.16. The predicted molar refractivity (Wildman–Crippen MR) is 108 cm³/mol. The molecule has 0 bridgehead atoms. The van der Waals surface area contributed by atoms with Gasteiger partial charge in [-0.15, -0.1) is 0 Å². The number of halogens is 1. The Bertz CT molecular complexity index is 1020. The molecule has 0 unspecified atom stereocenters. The van der Waals surface area contributed by atoms with Gasteiger partial charge in [-0.3, -0.25) is 14.6 Å². The van der Waals surface area contributed by atoms with Gasteiger partial charge >= 0.3 is 0 Å². The average molecular weight is 380 g/mol. The summed E-state index contributed by atoms with van der Waals surface area (Å²) in [6.07, 6.45) is 1.44. The van der Waals surface area contributed by atoms with E-state index in [9.17, 15) is 9.59 Å². The molecular weight excluding hydrogens is 362 g/mol. The molecule has 0 saturated heterocycles. The fourth-order valence-corrected chi connectivity index (χ4v) is 2.71. The maximum atomic E-state index is 12.6. The van der Waals surface area contributed by atoms with Gasteiger partial charge in [0.2, 0.25) is 0 Å². The third kappa shape index (κ3) is 4.33. The van der Waals surface area contributed by atoms with Gasteiger partial charge in [0.05, 0.1) is 0 Å². The molecule has 2 amide bonds. The number of nitrogens with zero attached hydrogens (tertiary/aromatic N) is 1. The van der Waals surface area contributed by atoms with Gasteiger partial charge in [0, 0.05) is 28.2 Å². The highest BCUT2D eigenvalue weighted by Crippen LogP contribution is 2.23. The number of carbonyl (C=O) groups excluding carboxylic acids is 2. The van der Waals surface area contributed by atoms with Crippen LogP contribution in [0.25, 0.3) is 0 Å². The molecule has 0 aliphatic rings. The Morgan fingerprint density at radius 3 is 2.37 bits per heavy atom. The fourth-order valence-electron chi connectivity index (χ4n) is 2.53. The Kier molecular flexibility index (Phi) is 5.52. The minimum Gasteiger partial charge on any atom is -0.322 e. The molecule has 0 aliphatic carbocycles. The van der Waals surface area contributed by atoms with Gasteiger partial charge in [-0.1, -0.05) is 35.9 Å². The largest absolute Gasteiger partial charge is 0.322 e. The van der Waals surface area contributed by atoms with E-state index in [0.29, 0.717) is 22.0 Å². The van der Waals surface area contributed by atoms with Crippen molar-refractivity contribution in [3.63, 3.8) is 0 Å². The molecule has 6 heteroatoms. The van der Waals surface area contributed by atoms with Crippen LogP contribution in [-0.4, -0.2) is 16.8 Å². The van der Waals surface area contributed by atoms with E-state index in [0.717, 1.165) is 11.1 Å². The van der Waals surface area contributed by atoms with E-state index in [1.54, 1.807) is 24.3 Å². The van der Waals surface area contributed by atoms with Crippen LogP contribution in [0.4, 0.5) is 11.4 Å². The Morgan fingerprint density at radius 1 is 0.889 bits per heavy atom. The second-order valence-corrected chi connectivity index (χ2v) is 6.47. The smallest absolute Gasteiger partial charge is 0.274 e. The summed E-state index contributed by atoms with van der Waals surface area (Å²) >= 11 is 6.09. The number of benzene rings is 2. The monoisotopic (exact) mass is 379 g/mol. The standard InChI is InChI=1S/C21H18ClN3O2/c1-13-6-3-4-8-17(13)24-21(27)19-12-15(10-11-23-19)20(26)25-18-9-5-7-16(22)14(18)2/h3-12H,1-2H3,(H,24,27)(H,25,26). The number of amides is 2. The van der Waals surface area contributed by atoms with Crippen molar-refractivity contribution < 1.29 is 9.59 Å². The van der Waals surface area contributed by atoms with Crippen LogP contribution < -0.4 is 10.6 Å². The number of aryl methyl sites for hydroxylation is 1. The molecule has 0 atom stereocenters. The highest BCUT2D eigenvalue weighted by molar-refractivity contribution is 6.31. The lowest BCUT2D eigenvalue weighted by molar-refractivity contribution is 0.102. The van der Waals surface area contributed by atoms with Crippen LogP contribution in [-0.2, 0) is 0 Å². The molecule has 27 heavy (non-hydrogen) atoms. The van der Waals surface area contributed by atoms with Gasteiger partial charge in [-0.25, -0.2) is 0 Å². The maximum Gasteiger partial charge on any atom is 0.274 e. The van der Waals surface area contributed by atoms with Gasteiger partial charge in [0.15, 0.2) is 0 Å². The average Bonchev–Trinajstić information content (AvgIpc) is 2.67. The molecule has 5 nitrogen and oxygen atoms in total. The summed E-state index contributed by atoms with van der Waals surface area (Å²) in [5, 5.41) is 6.19. The molecule has 3 rings (SSSR count). The fraction of sp³-hybridized carbons (Fsp3) is 0.0952. The van der Waals surface area contributed by atoms with Crippen LogP contribution in [0, 0.1) is 13.8 Å². The van der Waals surface area contributed by atoms with E-state index in [4.69, 9.17) is 11.6 Å². The highest BCUT2D eigenvalue weighted by Gasteiger charge is 2.14. The lowest BCUT2D eigenvalue weighted by Gasteiger charge is -2.11. The molecule has 2 aromatic carbocycles. The lowest BCUT2D eigenvalue weighted by Crippen LogP contribution is -2.17. The first-order valence-electron chi connectivity index (χ1n) is 8.35. The summed E-state index contributed by atoms with van der Waals surface area (Å²) in [7, 11) is 0. The second kappa shape index (κ2) is 8.01. The number of anilines is 2.